The van der Waals surface area contributed by atoms with E-state index in [4.69, 9.17) is 9.47 Å². The van der Waals surface area contributed by atoms with Gasteiger partial charge in [0, 0.05) is 24.1 Å². The number of hydrogen-bond acceptors (Lipinski definition) is 5. The molecule has 166 valence electrons. The zero-order valence-electron chi connectivity index (χ0n) is 17.5. The Labute approximate surface area is 185 Å². The molecular weight excluding hydrogens is 413 g/mol. The summed E-state index contributed by atoms with van der Waals surface area (Å²) in [6, 6.07) is 19.9. The van der Waals surface area contributed by atoms with E-state index in [9.17, 15) is 19.4 Å². The molecule has 4 rings (SSSR count). The van der Waals surface area contributed by atoms with Crippen LogP contribution in [0, 0.1) is 5.82 Å². The fourth-order valence-corrected chi connectivity index (χ4v) is 4.03. The fourth-order valence-electron chi connectivity index (χ4n) is 4.03. The molecule has 32 heavy (non-hydrogen) atoms. The molecule has 1 amide bonds. The van der Waals surface area contributed by atoms with Gasteiger partial charge in [0.2, 0.25) is 0 Å². The predicted octanol–water partition coefficient (Wildman–Crippen LogP) is 3.77. The molecule has 0 saturated carbocycles. The van der Waals surface area contributed by atoms with Crippen LogP contribution in [0.15, 0.2) is 66.7 Å². The Kier molecular flexibility index (Phi) is 6.39. The summed E-state index contributed by atoms with van der Waals surface area (Å²) in [7, 11) is 1.40. The molecular formula is C25H24FNO5. The van der Waals surface area contributed by atoms with E-state index >= 15 is 0 Å². The zero-order chi connectivity index (χ0) is 22.7. The summed E-state index contributed by atoms with van der Waals surface area (Å²) in [6.07, 6.45) is -3.67. The monoisotopic (exact) mass is 437 g/mol. The lowest BCUT2D eigenvalue weighted by molar-refractivity contribution is 0.0165. The second kappa shape index (κ2) is 9.38. The van der Waals surface area contributed by atoms with Crippen molar-refractivity contribution < 1.29 is 28.9 Å². The minimum Gasteiger partial charge on any atom is -0.497 e. The normalized spacial score (nSPS) is 14.2. The standard InChI is InChI=1S/C25H24FNO5/c1-31-15-10-11-20(22(26)12-15)24(29)23(28)13-27-25(30)32-14-21-18-8-4-2-6-16(18)17-7-3-5-9-19(17)21/h2-12,21,23-24,28-29H,13-14H2,1H3,(H,27,30). The van der Waals surface area contributed by atoms with Crippen LogP contribution in [0.1, 0.15) is 28.7 Å². The van der Waals surface area contributed by atoms with Crippen LogP contribution in [0.2, 0.25) is 0 Å². The van der Waals surface area contributed by atoms with Crippen molar-refractivity contribution in [3.63, 3.8) is 0 Å². The van der Waals surface area contributed by atoms with Crippen molar-refractivity contribution in [1.82, 2.24) is 5.32 Å². The lowest BCUT2D eigenvalue weighted by atomic mass is 9.98. The number of ether oxygens (including phenoxy) is 2. The fraction of sp³-hybridized carbons (Fsp3) is 0.240. The zero-order valence-corrected chi connectivity index (χ0v) is 17.5. The quantitative estimate of drug-likeness (QED) is 0.524. The number of nitrogens with one attached hydrogen (secondary N) is 1. The van der Waals surface area contributed by atoms with Crippen molar-refractivity contribution in [3.05, 3.63) is 89.2 Å². The van der Waals surface area contributed by atoms with Gasteiger partial charge in [-0.2, -0.15) is 0 Å². The van der Waals surface area contributed by atoms with Gasteiger partial charge in [0.05, 0.1) is 7.11 Å². The number of alkyl carbamates (subject to hydrolysis) is 1. The first-order chi connectivity index (χ1) is 15.5. The van der Waals surface area contributed by atoms with Gasteiger partial charge in [-0.1, -0.05) is 48.5 Å². The van der Waals surface area contributed by atoms with Crippen LogP contribution >= 0.6 is 0 Å². The highest BCUT2D eigenvalue weighted by Crippen LogP contribution is 2.44. The Morgan fingerprint density at radius 2 is 1.66 bits per heavy atom. The Balaban J connectivity index is 1.34. The van der Waals surface area contributed by atoms with Gasteiger partial charge in [-0.3, -0.25) is 0 Å². The summed E-state index contributed by atoms with van der Waals surface area (Å²) in [5.74, 6) is -0.501. The van der Waals surface area contributed by atoms with Crippen LogP contribution in [0.25, 0.3) is 11.1 Å². The van der Waals surface area contributed by atoms with Crippen LogP contribution < -0.4 is 10.1 Å². The number of aliphatic hydroxyl groups is 2. The van der Waals surface area contributed by atoms with Gasteiger partial charge in [-0.05, 0) is 34.4 Å². The van der Waals surface area contributed by atoms with Crippen LogP contribution in [0.3, 0.4) is 0 Å². The lowest BCUT2D eigenvalue weighted by Crippen LogP contribution is -2.36. The van der Waals surface area contributed by atoms with E-state index in [1.165, 1.54) is 19.2 Å². The van der Waals surface area contributed by atoms with Crippen LogP contribution in [-0.2, 0) is 4.74 Å². The molecule has 1 aliphatic rings. The molecule has 3 N–H and O–H groups in total. The van der Waals surface area contributed by atoms with Crippen molar-refractivity contribution in [1.29, 1.82) is 0 Å². The third kappa shape index (κ3) is 4.30. The third-order valence-electron chi connectivity index (χ3n) is 5.69. The molecule has 3 aromatic carbocycles. The molecule has 0 saturated heterocycles. The first kappa shape index (κ1) is 21.8. The summed E-state index contributed by atoms with van der Waals surface area (Å²) in [5.41, 5.74) is 4.33. The summed E-state index contributed by atoms with van der Waals surface area (Å²) in [6.45, 7) is -0.172. The summed E-state index contributed by atoms with van der Waals surface area (Å²) >= 11 is 0. The number of methoxy groups -OCH3 is 1. The van der Waals surface area contributed by atoms with Crippen molar-refractivity contribution in [2.75, 3.05) is 20.3 Å². The van der Waals surface area contributed by atoms with E-state index < -0.39 is 24.1 Å². The number of aliphatic hydroxyl groups excluding tert-OH is 2. The van der Waals surface area contributed by atoms with Gasteiger partial charge in [0.15, 0.2) is 0 Å². The molecule has 7 heteroatoms. The first-order valence-corrected chi connectivity index (χ1v) is 10.3. The Morgan fingerprint density at radius 1 is 1.03 bits per heavy atom. The maximum Gasteiger partial charge on any atom is 0.407 e. The van der Waals surface area contributed by atoms with E-state index in [-0.39, 0.29) is 24.6 Å². The Morgan fingerprint density at radius 3 is 2.25 bits per heavy atom. The molecule has 2 unspecified atom stereocenters. The molecule has 3 aromatic rings. The van der Waals surface area contributed by atoms with Gasteiger partial charge < -0.3 is 25.0 Å². The SMILES string of the molecule is COc1ccc(C(O)C(O)CNC(=O)OCC2c3ccccc3-c3ccccc32)c(F)c1. The molecule has 0 heterocycles. The molecule has 0 bridgehead atoms. The number of carbonyl (C=O) groups excluding carboxylic acids is 1. The van der Waals surface area contributed by atoms with Gasteiger partial charge >= 0.3 is 6.09 Å². The minimum atomic E-state index is -1.52. The van der Waals surface area contributed by atoms with E-state index in [1.807, 2.05) is 48.5 Å². The molecule has 0 spiro atoms. The van der Waals surface area contributed by atoms with E-state index in [0.29, 0.717) is 5.75 Å². The Hall–Kier alpha value is -3.42. The number of hydrogen-bond donors (Lipinski definition) is 3. The van der Waals surface area contributed by atoms with Crippen molar-refractivity contribution in [2.24, 2.45) is 0 Å². The highest BCUT2D eigenvalue weighted by molar-refractivity contribution is 5.79. The predicted molar refractivity (Wildman–Crippen MR) is 117 cm³/mol. The van der Waals surface area contributed by atoms with Crippen LogP contribution in [0.5, 0.6) is 5.75 Å². The molecule has 0 fully saturated rings. The largest absolute Gasteiger partial charge is 0.497 e. The van der Waals surface area contributed by atoms with Gasteiger partial charge in [-0.15, -0.1) is 0 Å². The topological polar surface area (TPSA) is 88.0 Å². The smallest absolute Gasteiger partial charge is 0.407 e. The van der Waals surface area contributed by atoms with Crippen LogP contribution in [-0.4, -0.2) is 42.7 Å². The number of benzene rings is 3. The number of fused-ring (bicyclic) bond motifs is 3. The van der Waals surface area contributed by atoms with E-state index in [0.717, 1.165) is 28.3 Å². The number of halogens is 1. The number of carbonyl (C=O) groups is 1. The maximum atomic E-state index is 14.1. The molecule has 0 aromatic heterocycles. The van der Waals surface area contributed by atoms with Gasteiger partial charge in [0.25, 0.3) is 0 Å². The maximum absolute atomic E-state index is 14.1. The highest BCUT2D eigenvalue weighted by Gasteiger charge is 2.29. The van der Waals surface area contributed by atoms with Crippen LogP contribution in [0.4, 0.5) is 9.18 Å². The first-order valence-electron chi connectivity index (χ1n) is 10.3. The molecule has 0 aliphatic heterocycles. The van der Waals surface area contributed by atoms with Crippen molar-refractivity contribution >= 4 is 6.09 Å². The highest BCUT2D eigenvalue weighted by atomic mass is 19.1. The molecule has 2 atom stereocenters. The molecule has 1 aliphatic carbocycles. The average Bonchev–Trinajstić information content (AvgIpc) is 3.14. The van der Waals surface area contributed by atoms with Crippen molar-refractivity contribution in [3.8, 4) is 16.9 Å². The second-order valence-electron chi connectivity index (χ2n) is 7.61. The van der Waals surface area contributed by atoms with Gasteiger partial charge in [-0.25, -0.2) is 9.18 Å². The third-order valence-corrected chi connectivity index (χ3v) is 5.69. The molecule has 6 nitrogen and oxygen atoms in total. The average molecular weight is 437 g/mol. The van der Waals surface area contributed by atoms with Gasteiger partial charge in [0.1, 0.15) is 30.4 Å². The molecule has 0 radical (unpaired) electrons. The summed E-state index contributed by atoms with van der Waals surface area (Å²) in [4.78, 5) is 12.2. The minimum absolute atomic E-state index is 0.0861. The number of rotatable bonds is 7. The lowest BCUT2D eigenvalue weighted by Gasteiger charge is -2.20. The van der Waals surface area contributed by atoms with Crippen molar-refractivity contribution in [2.45, 2.75) is 18.1 Å². The summed E-state index contributed by atoms with van der Waals surface area (Å²) in [5, 5.41) is 22.9. The second-order valence-corrected chi connectivity index (χ2v) is 7.61. The van der Waals surface area contributed by atoms with E-state index in [2.05, 4.69) is 5.32 Å². The summed E-state index contributed by atoms with van der Waals surface area (Å²) < 4.78 is 24.4. The Bertz CT molecular complexity index is 1070. The number of amides is 1. The van der Waals surface area contributed by atoms with E-state index in [1.54, 1.807) is 0 Å².